The zero-order valence-electron chi connectivity index (χ0n) is 15.5. The van der Waals surface area contributed by atoms with Crippen molar-refractivity contribution in [3.63, 3.8) is 0 Å². The zero-order valence-corrected chi connectivity index (χ0v) is 15.5. The predicted octanol–water partition coefficient (Wildman–Crippen LogP) is 5.85. The summed E-state index contributed by atoms with van der Waals surface area (Å²) in [6.45, 7) is 16.0. The van der Waals surface area contributed by atoms with Gasteiger partial charge in [0.2, 0.25) is 0 Å². The third kappa shape index (κ3) is 10.1. The van der Waals surface area contributed by atoms with Crippen molar-refractivity contribution in [2.24, 2.45) is 22.7 Å². The highest BCUT2D eigenvalue weighted by Crippen LogP contribution is 2.44. The Labute approximate surface area is 133 Å². The highest BCUT2D eigenvalue weighted by molar-refractivity contribution is 5.77. The van der Waals surface area contributed by atoms with Gasteiger partial charge in [-0.05, 0) is 30.6 Å². The number of hydrogen-bond donors (Lipinski definition) is 0. The SMILES string of the molecule is CC(C)C.CC(C)CC(C)(C(=O)OCC(F)(F)F)C(C)(C)C. The second-order valence-corrected chi connectivity index (χ2v) is 8.10. The normalized spacial score (nSPS) is 15.2. The Morgan fingerprint density at radius 3 is 1.55 bits per heavy atom. The largest absolute Gasteiger partial charge is 0.456 e. The lowest BCUT2D eigenvalue weighted by molar-refractivity contribution is -0.198. The fraction of sp³-hybridized carbons (Fsp3) is 0.941. The van der Waals surface area contributed by atoms with E-state index in [9.17, 15) is 18.0 Å². The third-order valence-electron chi connectivity index (χ3n) is 3.29. The van der Waals surface area contributed by atoms with Crippen LogP contribution in [0.4, 0.5) is 13.2 Å². The molecule has 0 spiro atoms. The van der Waals surface area contributed by atoms with E-state index in [0.29, 0.717) is 6.42 Å². The van der Waals surface area contributed by atoms with E-state index in [1.54, 1.807) is 6.92 Å². The maximum absolute atomic E-state index is 12.1. The Hall–Kier alpha value is -0.740. The molecule has 0 fully saturated rings. The van der Waals surface area contributed by atoms with Crippen LogP contribution in [0.15, 0.2) is 0 Å². The molecule has 0 aliphatic heterocycles. The Balaban J connectivity index is 0. The molecule has 5 heteroatoms. The van der Waals surface area contributed by atoms with Crippen LogP contribution >= 0.6 is 0 Å². The van der Waals surface area contributed by atoms with Gasteiger partial charge in [0.15, 0.2) is 6.61 Å². The summed E-state index contributed by atoms with van der Waals surface area (Å²) >= 11 is 0. The molecular formula is C17H33F3O2. The van der Waals surface area contributed by atoms with E-state index in [1.807, 2.05) is 34.6 Å². The number of esters is 1. The average molecular weight is 326 g/mol. The molecule has 0 aliphatic carbocycles. The van der Waals surface area contributed by atoms with Gasteiger partial charge in [-0.25, -0.2) is 0 Å². The standard InChI is InChI=1S/C13H23F3O2.C4H10/c1-9(2)7-12(6,11(3,4)5)10(17)18-8-13(14,15)16;1-4(2)3/h9H,7-8H2,1-6H3;4H,1-3H3. The summed E-state index contributed by atoms with van der Waals surface area (Å²) in [7, 11) is 0. The first kappa shape index (κ1) is 23.5. The predicted molar refractivity (Wildman–Crippen MR) is 84.5 cm³/mol. The van der Waals surface area contributed by atoms with Gasteiger partial charge in [0.1, 0.15) is 0 Å². The Morgan fingerprint density at radius 1 is 0.955 bits per heavy atom. The number of alkyl halides is 3. The summed E-state index contributed by atoms with van der Waals surface area (Å²) in [5, 5.41) is 0. The van der Waals surface area contributed by atoms with Crippen LogP contribution in [-0.4, -0.2) is 18.8 Å². The van der Waals surface area contributed by atoms with Crippen molar-refractivity contribution in [3.05, 3.63) is 0 Å². The number of carbonyl (C=O) groups is 1. The van der Waals surface area contributed by atoms with Crippen LogP contribution in [0.3, 0.4) is 0 Å². The van der Waals surface area contributed by atoms with Gasteiger partial charge in [0, 0.05) is 0 Å². The highest BCUT2D eigenvalue weighted by atomic mass is 19.4. The van der Waals surface area contributed by atoms with Crippen LogP contribution < -0.4 is 0 Å². The lowest BCUT2D eigenvalue weighted by Crippen LogP contribution is -2.43. The van der Waals surface area contributed by atoms with Gasteiger partial charge in [-0.1, -0.05) is 55.4 Å². The molecule has 0 amide bonds. The van der Waals surface area contributed by atoms with Crippen LogP contribution in [0, 0.1) is 22.7 Å². The monoisotopic (exact) mass is 326 g/mol. The minimum Gasteiger partial charge on any atom is -0.456 e. The minimum atomic E-state index is -4.48. The van der Waals surface area contributed by atoms with E-state index >= 15 is 0 Å². The molecule has 1 atom stereocenters. The first-order valence-corrected chi connectivity index (χ1v) is 7.77. The molecule has 0 radical (unpaired) electrons. The van der Waals surface area contributed by atoms with E-state index in [-0.39, 0.29) is 5.92 Å². The van der Waals surface area contributed by atoms with Gasteiger partial charge in [-0.2, -0.15) is 13.2 Å². The molecular weight excluding hydrogens is 293 g/mol. The molecule has 0 aliphatic rings. The van der Waals surface area contributed by atoms with Crippen LogP contribution in [0.2, 0.25) is 0 Å². The van der Waals surface area contributed by atoms with Crippen molar-refractivity contribution in [1.29, 1.82) is 0 Å². The third-order valence-corrected chi connectivity index (χ3v) is 3.29. The molecule has 0 bridgehead atoms. The summed E-state index contributed by atoms with van der Waals surface area (Å²) in [5.41, 5.74) is -1.38. The Bertz CT molecular complexity index is 325. The van der Waals surface area contributed by atoms with Crippen LogP contribution in [0.25, 0.3) is 0 Å². The van der Waals surface area contributed by atoms with Gasteiger partial charge in [0.25, 0.3) is 0 Å². The lowest BCUT2D eigenvalue weighted by atomic mass is 9.64. The molecule has 0 saturated heterocycles. The minimum absolute atomic E-state index is 0.202. The van der Waals surface area contributed by atoms with Crippen molar-refractivity contribution in [1.82, 2.24) is 0 Å². The summed E-state index contributed by atoms with van der Waals surface area (Å²) in [6, 6.07) is 0. The molecule has 0 rings (SSSR count). The van der Waals surface area contributed by atoms with Crippen molar-refractivity contribution in [2.45, 2.75) is 74.9 Å². The molecule has 1 unspecified atom stereocenters. The summed E-state index contributed by atoms with van der Waals surface area (Å²) in [6.07, 6.45) is -3.99. The van der Waals surface area contributed by atoms with Crippen molar-refractivity contribution in [2.75, 3.05) is 6.61 Å². The van der Waals surface area contributed by atoms with Crippen molar-refractivity contribution < 1.29 is 22.7 Å². The number of carbonyl (C=O) groups excluding carboxylic acids is 1. The van der Waals surface area contributed by atoms with E-state index < -0.39 is 29.6 Å². The first-order chi connectivity index (χ1) is 9.53. The van der Waals surface area contributed by atoms with E-state index in [1.165, 1.54) is 0 Å². The van der Waals surface area contributed by atoms with E-state index in [2.05, 4.69) is 25.5 Å². The molecule has 22 heavy (non-hydrogen) atoms. The molecule has 0 aromatic heterocycles. The van der Waals surface area contributed by atoms with Gasteiger partial charge in [0.05, 0.1) is 5.41 Å². The maximum Gasteiger partial charge on any atom is 0.422 e. The van der Waals surface area contributed by atoms with Gasteiger partial charge >= 0.3 is 12.1 Å². The molecule has 0 heterocycles. The number of hydrogen-bond acceptors (Lipinski definition) is 2. The molecule has 0 aromatic rings. The maximum atomic E-state index is 12.1. The van der Waals surface area contributed by atoms with E-state index in [0.717, 1.165) is 5.92 Å². The average Bonchev–Trinajstić information content (AvgIpc) is 2.21. The summed E-state index contributed by atoms with van der Waals surface area (Å²) in [5.74, 6) is 0.258. The quantitative estimate of drug-likeness (QED) is 0.605. The highest BCUT2D eigenvalue weighted by Gasteiger charge is 2.46. The topological polar surface area (TPSA) is 26.3 Å². The Kier molecular flexibility index (Phi) is 9.39. The molecule has 0 saturated carbocycles. The van der Waals surface area contributed by atoms with Gasteiger partial charge < -0.3 is 4.74 Å². The number of ether oxygens (including phenoxy) is 1. The molecule has 0 aromatic carbocycles. The van der Waals surface area contributed by atoms with Crippen LogP contribution in [0.5, 0.6) is 0 Å². The fourth-order valence-electron chi connectivity index (χ4n) is 1.82. The zero-order chi connectivity index (χ0) is 18.4. The number of rotatable bonds is 4. The molecule has 2 nitrogen and oxygen atoms in total. The van der Waals surface area contributed by atoms with E-state index in [4.69, 9.17) is 0 Å². The van der Waals surface area contributed by atoms with Crippen molar-refractivity contribution >= 4 is 5.97 Å². The van der Waals surface area contributed by atoms with Crippen LogP contribution in [0.1, 0.15) is 68.7 Å². The van der Waals surface area contributed by atoms with Crippen molar-refractivity contribution in [3.8, 4) is 0 Å². The lowest BCUT2D eigenvalue weighted by Gasteiger charge is -2.40. The first-order valence-electron chi connectivity index (χ1n) is 7.77. The molecule has 134 valence electrons. The van der Waals surface area contributed by atoms with Gasteiger partial charge in [-0.3, -0.25) is 4.79 Å². The van der Waals surface area contributed by atoms with Gasteiger partial charge in [-0.15, -0.1) is 0 Å². The summed E-state index contributed by atoms with van der Waals surface area (Å²) < 4.78 is 40.7. The smallest absolute Gasteiger partial charge is 0.422 e. The van der Waals surface area contributed by atoms with Crippen LogP contribution in [-0.2, 0) is 9.53 Å². The Morgan fingerprint density at radius 2 is 1.32 bits per heavy atom. The second kappa shape index (κ2) is 8.78. The fourth-order valence-corrected chi connectivity index (χ4v) is 1.82. The second-order valence-electron chi connectivity index (χ2n) is 8.10. The number of halogens is 3. The molecule has 0 N–H and O–H groups in total. The summed E-state index contributed by atoms with van der Waals surface area (Å²) in [4.78, 5) is 12.0.